The molecule has 0 radical (unpaired) electrons. The fraction of sp³-hybridized carbons (Fsp3) is 0.280. The maximum atomic E-state index is 12.9. The molecule has 2 heterocycles. The van der Waals surface area contributed by atoms with Crippen molar-refractivity contribution < 1.29 is 23.9 Å². The quantitative estimate of drug-likeness (QED) is 0.378. The van der Waals surface area contributed by atoms with Crippen molar-refractivity contribution in [1.82, 2.24) is 15.3 Å². The fourth-order valence-corrected chi connectivity index (χ4v) is 5.19. The summed E-state index contributed by atoms with van der Waals surface area (Å²) in [4.78, 5) is 40.0. The van der Waals surface area contributed by atoms with E-state index >= 15 is 0 Å². The van der Waals surface area contributed by atoms with Gasteiger partial charge in [0.05, 0.1) is 12.0 Å². The SMILES string of the molecule is COc1cc(/C=C2/SC(=S)N(NC(=O)c3ccc(Br)cc3)C2=O)ccc1OCC(=O)N1CCCCC1. The normalized spacial score (nSPS) is 16.9. The summed E-state index contributed by atoms with van der Waals surface area (Å²) in [6, 6.07) is 11.9. The lowest BCUT2D eigenvalue weighted by Gasteiger charge is -2.26. The van der Waals surface area contributed by atoms with Gasteiger partial charge in [-0.2, -0.15) is 5.01 Å². The zero-order chi connectivity index (χ0) is 25.7. The van der Waals surface area contributed by atoms with E-state index in [4.69, 9.17) is 21.7 Å². The fourth-order valence-electron chi connectivity index (χ4n) is 3.75. The highest BCUT2D eigenvalue weighted by Gasteiger charge is 2.34. The number of likely N-dealkylation sites (tertiary alicyclic amines) is 1. The van der Waals surface area contributed by atoms with Crippen LogP contribution in [0, 0.1) is 0 Å². The molecule has 8 nitrogen and oxygen atoms in total. The highest BCUT2D eigenvalue weighted by Crippen LogP contribution is 2.34. The number of amides is 3. The maximum Gasteiger partial charge on any atom is 0.285 e. The number of benzene rings is 2. The molecule has 1 N–H and O–H groups in total. The Hall–Kier alpha value is -2.89. The smallest absolute Gasteiger partial charge is 0.285 e. The first kappa shape index (κ1) is 26.2. The van der Waals surface area contributed by atoms with Gasteiger partial charge in [0.2, 0.25) is 0 Å². The van der Waals surface area contributed by atoms with E-state index in [9.17, 15) is 14.4 Å². The topological polar surface area (TPSA) is 88.2 Å². The molecule has 2 saturated heterocycles. The van der Waals surface area contributed by atoms with Crippen LogP contribution in [0.15, 0.2) is 51.8 Å². The third kappa shape index (κ3) is 6.26. The summed E-state index contributed by atoms with van der Waals surface area (Å²) in [6.45, 7) is 1.46. The first-order valence-electron chi connectivity index (χ1n) is 11.3. The Bertz CT molecular complexity index is 1210. The zero-order valence-corrected chi connectivity index (χ0v) is 22.7. The number of hydrogen-bond acceptors (Lipinski definition) is 7. The summed E-state index contributed by atoms with van der Waals surface area (Å²) in [5, 5.41) is 1.07. The Balaban J connectivity index is 1.42. The Morgan fingerprint density at radius 2 is 1.83 bits per heavy atom. The molecule has 188 valence electrons. The summed E-state index contributed by atoms with van der Waals surface area (Å²) >= 11 is 9.72. The lowest BCUT2D eigenvalue weighted by Crippen LogP contribution is -2.44. The number of halogens is 1. The number of nitrogens with zero attached hydrogens (tertiary/aromatic N) is 2. The van der Waals surface area contributed by atoms with Crippen molar-refractivity contribution in [2.75, 3.05) is 26.8 Å². The van der Waals surface area contributed by atoms with Crippen molar-refractivity contribution in [1.29, 1.82) is 0 Å². The van der Waals surface area contributed by atoms with Gasteiger partial charge in [0.25, 0.3) is 17.7 Å². The van der Waals surface area contributed by atoms with Gasteiger partial charge in [-0.1, -0.05) is 33.8 Å². The van der Waals surface area contributed by atoms with Crippen LogP contribution in [0.1, 0.15) is 35.2 Å². The molecule has 0 saturated carbocycles. The summed E-state index contributed by atoms with van der Waals surface area (Å²) in [5.74, 6) is -0.0394. The molecule has 4 rings (SSSR count). The average molecular weight is 591 g/mol. The minimum atomic E-state index is -0.442. The molecule has 2 aliphatic heterocycles. The maximum absolute atomic E-state index is 12.9. The number of thioether (sulfide) groups is 1. The zero-order valence-electron chi connectivity index (χ0n) is 19.5. The summed E-state index contributed by atoms with van der Waals surface area (Å²) < 4.78 is 12.2. The number of hydrazine groups is 1. The van der Waals surface area contributed by atoms with Crippen molar-refractivity contribution in [3.05, 3.63) is 63.0 Å². The van der Waals surface area contributed by atoms with Crippen molar-refractivity contribution in [2.45, 2.75) is 19.3 Å². The van der Waals surface area contributed by atoms with Crippen LogP contribution in [-0.4, -0.2) is 58.8 Å². The van der Waals surface area contributed by atoms with Crippen LogP contribution < -0.4 is 14.9 Å². The first-order valence-corrected chi connectivity index (χ1v) is 13.3. The molecule has 2 fully saturated rings. The van der Waals surface area contributed by atoms with E-state index in [2.05, 4.69) is 21.4 Å². The van der Waals surface area contributed by atoms with Gasteiger partial charge in [0, 0.05) is 23.1 Å². The van der Waals surface area contributed by atoms with Gasteiger partial charge in [-0.3, -0.25) is 19.8 Å². The van der Waals surface area contributed by atoms with Crippen LogP contribution in [0.2, 0.25) is 0 Å². The van der Waals surface area contributed by atoms with Crippen LogP contribution in [-0.2, 0) is 9.59 Å². The number of carbonyl (C=O) groups is 3. The molecule has 2 aromatic carbocycles. The van der Waals surface area contributed by atoms with Gasteiger partial charge in [0.15, 0.2) is 22.4 Å². The molecule has 3 amide bonds. The molecule has 2 aliphatic rings. The van der Waals surface area contributed by atoms with Gasteiger partial charge in [0.1, 0.15) is 0 Å². The van der Waals surface area contributed by atoms with Gasteiger partial charge < -0.3 is 14.4 Å². The van der Waals surface area contributed by atoms with Gasteiger partial charge in [-0.15, -0.1) is 0 Å². The summed E-state index contributed by atoms with van der Waals surface area (Å²) in [6.07, 6.45) is 4.85. The van der Waals surface area contributed by atoms with Crippen molar-refractivity contribution in [3.8, 4) is 11.5 Å². The minimum absolute atomic E-state index is 0.0466. The van der Waals surface area contributed by atoms with E-state index in [-0.39, 0.29) is 16.8 Å². The Morgan fingerprint density at radius 3 is 2.53 bits per heavy atom. The number of piperidine rings is 1. The number of methoxy groups -OCH3 is 1. The standard InChI is InChI=1S/C25H24BrN3O5S2/c1-33-20-13-16(5-10-19(20)34-15-22(30)28-11-3-2-4-12-28)14-21-24(32)29(25(35)36-21)27-23(31)17-6-8-18(26)9-7-17/h5-10,13-14H,2-4,11-12,15H2,1H3,(H,27,31)/b21-14+. The van der Waals surface area contributed by atoms with E-state index in [1.165, 1.54) is 7.11 Å². The first-order chi connectivity index (χ1) is 17.4. The molecule has 2 aromatic rings. The van der Waals surface area contributed by atoms with Crippen LogP contribution in [0.4, 0.5) is 0 Å². The monoisotopic (exact) mass is 589 g/mol. The number of carbonyl (C=O) groups excluding carboxylic acids is 3. The third-order valence-electron chi connectivity index (χ3n) is 5.66. The van der Waals surface area contributed by atoms with Crippen LogP contribution in [0.3, 0.4) is 0 Å². The second-order valence-electron chi connectivity index (χ2n) is 8.11. The number of ether oxygens (including phenoxy) is 2. The molecule has 11 heteroatoms. The van der Waals surface area contributed by atoms with E-state index in [0.29, 0.717) is 27.5 Å². The molecule has 0 aromatic heterocycles. The van der Waals surface area contributed by atoms with Crippen LogP contribution in [0.25, 0.3) is 6.08 Å². The van der Waals surface area contributed by atoms with Crippen molar-refractivity contribution in [2.24, 2.45) is 0 Å². The van der Waals surface area contributed by atoms with E-state index in [1.807, 2.05) is 4.90 Å². The van der Waals surface area contributed by atoms with Gasteiger partial charge in [-0.25, -0.2) is 0 Å². The van der Waals surface area contributed by atoms with Crippen molar-refractivity contribution in [3.63, 3.8) is 0 Å². The molecule has 0 atom stereocenters. The predicted octanol–water partition coefficient (Wildman–Crippen LogP) is 4.40. The highest BCUT2D eigenvalue weighted by atomic mass is 79.9. The second-order valence-corrected chi connectivity index (χ2v) is 10.7. The van der Waals surface area contributed by atoms with E-state index in [0.717, 1.165) is 53.6 Å². The number of hydrogen-bond donors (Lipinski definition) is 1. The van der Waals surface area contributed by atoms with Crippen LogP contribution in [0.5, 0.6) is 11.5 Å². The second kappa shape index (κ2) is 11.9. The average Bonchev–Trinajstić information content (AvgIpc) is 3.15. The molecule has 36 heavy (non-hydrogen) atoms. The lowest BCUT2D eigenvalue weighted by atomic mass is 10.1. The van der Waals surface area contributed by atoms with Gasteiger partial charge >= 0.3 is 0 Å². The molecular formula is C25H24BrN3O5S2. The van der Waals surface area contributed by atoms with Gasteiger partial charge in [-0.05, 0) is 79.5 Å². The highest BCUT2D eigenvalue weighted by molar-refractivity contribution is 9.10. The molecule has 0 bridgehead atoms. The number of thiocarbonyl (C=S) groups is 1. The Kier molecular flexibility index (Phi) is 8.65. The van der Waals surface area contributed by atoms with Crippen LogP contribution >= 0.6 is 39.9 Å². The Labute approximate surface area is 227 Å². The Morgan fingerprint density at radius 1 is 1.11 bits per heavy atom. The largest absolute Gasteiger partial charge is 0.493 e. The number of nitrogens with one attached hydrogen (secondary N) is 1. The molecule has 0 unspecified atom stereocenters. The third-order valence-corrected chi connectivity index (χ3v) is 7.49. The predicted molar refractivity (Wildman–Crippen MR) is 146 cm³/mol. The molecule has 0 aliphatic carbocycles. The summed E-state index contributed by atoms with van der Waals surface area (Å²) in [5.41, 5.74) is 3.64. The van der Waals surface area contributed by atoms with E-state index < -0.39 is 11.8 Å². The minimum Gasteiger partial charge on any atom is -0.493 e. The lowest BCUT2D eigenvalue weighted by molar-refractivity contribution is -0.134. The van der Waals surface area contributed by atoms with Crippen molar-refractivity contribution >= 4 is 68.0 Å². The van der Waals surface area contributed by atoms with E-state index in [1.54, 1.807) is 48.5 Å². The molecular weight excluding hydrogens is 566 g/mol. The number of rotatable bonds is 7. The summed E-state index contributed by atoms with van der Waals surface area (Å²) in [7, 11) is 1.51. The molecule has 0 spiro atoms.